The zero-order valence-electron chi connectivity index (χ0n) is 14.1. The maximum atomic E-state index is 13.0. The fourth-order valence-electron chi connectivity index (χ4n) is 2.34. The van der Waals surface area contributed by atoms with Crippen LogP contribution in [0.3, 0.4) is 0 Å². The number of benzene rings is 3. The first kappa shape index (κ1) is 18.8. The number of hydrogen-bond acceptors (Lipinski definition) is 3. The van der Waals surface area contributed by atoms with Gasteiger partial charge in [0.2, 0.25) is 0 Å². The molecule has 0 radical (unpaired) electrons. The van der Waals surface area contributed by atoms with E-state index in [2.05, 4.69) is 24.3 Å². The molecule has 26 heavy (non-hydrogen) atoms. The summed E-state index contributed by atoms with van der Waals surface area (Å²) in [5, 5.41) is 10.4. The van der Waals surface area contributed by atoms with Crippen molar-refractivity contribution in [1.82, 2.24) is 0 Å². The first-order valence-electron chi connectivity index (χ1n) is 8.30. The van der Waals surface area contributed by atoms with Crippen LogP contribution in [0.4, 0.5) is 4.39 Å². The van der Waals surface area contributed by atoms with Crippen molar-refractivity contribution >= 4 is 23.5 Å². The fourth-order valence-corrected chi connectivity index (χ4v) is 4.50. The Kier molecular flexibility index (Phi) is 6.95. The lowest BCUT2D eigenvalue weighted by molar-refractivity contribution is 0.181. The Morgan fingerprint density at radius 2 is 1.31 bits per heavy atom. The van der Waals surface area contributed by atoms with Gasteiger partial charge in [-0.3, -0.25) is 0 Å². The maximum Gasteiger partial charge on any atom is 0.123 e. The van der Waals surface area contributed by atoms with Crippen LogP contribution in [0.15, 0.2) is 105 Å². The van der Waals surface area contributed by atoms with Crippen LogP contribution >= 0.6 is 23.5 Å². The molecule has 0 saturated carbocycles. The molecule has 1 nitrogen and oxygen atoms in total. The molecule has 0 aliphatic heterocycles. The van der Waals surface area contributed by atoms with Gasteiger partial charge in [0.05, 0.1) is 6.10 Å². The molecule has 0 amide bonds. The molecule has 3 aromatic rings. The molecular weight excluding hydrogens is 363 g/mol. The van der Waals surface area contributed by atoms with Crippen LogP contribution in [-0.4, -0.2) is 5.11 Å². The quantitative estimate of drug-likeness (QED) is 0.461. The Hall–Kier alpha value is -2.01. The van der Waals surface area contributed by atoms with E-state index in [1.54, 1.807) is 35.7 Å². The van der Waals surface area contributed by atoms with Crippen molar-refractivity contribution < 1.29 is 9.50 Å². The van der Waals surface area contributed by atoms with Crippen LogP contribution < -0.4 is 0 Å². The third kappa shape index (κ3) is 5.77. The van der Waals surface area contributed by atoms with Crippen LogP contribution in [0, 0.1) is 5.82 Å². The van der Waals surface area contributed by atoms with Gasteiger partial charge in [-0.15, -0.1) is 0 Å². The maximum absolute atomic E-state index is 13.0. The Morgan fingerprint density at radius 3 is 1.81 bits per heavy atom. The van der Waals surface area contributed by atoms with Gasteiger partial charge in [0.1, 0.15) is 5.82 Å². The molecule has 0 bridgehead atoms. The molecule has 4 heteroatoms. The summed E-state index contributed by atoms with van der Waals surface area (Å²) in [6.07, 6.45) is 1.86. The minimum absolute atomic E-state index is 0.295. The van der Waals surface area contributed by atoms with E-state index in [0.29, 0.717) is 6.42 Å². The highest BCUT2D eigenvalue weighted by Crippen LogP contribution is 2.39. The average molecular weight is 383 g/mol. The summed E-state index contributed by atoms with van der Waals surface area (Å²) in [5.74, 6) is -0.295. The second-order valence-corrected chi connectivity index (χ2v) is 8.15. The molecular formula is C22H19FOS2. The number of thioether (sulfide) groups is 2. The zero-order valence-corrected chi connectivity index (χ0v) is 15.7. The lowest BCUT2D eigenvalue weighted by Crippen LogP contribution is -1.95. The van der Waals surface area contributed by atoms with E-state index in [4.69, 9.17) is 0 Å². The zero-order chi connectivity index (χ0) is 18.2. The van der Waals surface area contributed by atoms with Crippen molar-refractivity contribution in [3.8, 4) is 0 Å². The monoisotopic (exact) mass is 382 g/mol. The van der Waals surface area contributed by atoms with E-state index in [1.165, 1.54) is 12.1 Å². The molecule has 0 saturated heterocycles. The summed E-state index contributed by atoms with van der Waals surface area (Å²) >= 11 is 3.35. The highest BCUT2D eigenvalue weighted by Gasteiger charge is 2.09. The first-order chi connectivity index (χ1) is 12.7. The van der Waals surface area contributed by atoms with Crippen molar-refractivity contribution in [3.63, 3.8) is 0 Å². The highest BCUT2D eigenvalue weighted by atomic mass is 32.2. The van der Waals surface area contributed by atoms with E-state index >= 15 is 0 Å². The number of aliphatic hydroxyl groups excluding tert-OH is 1. The lowest BCUT2D eigenvalue weighted by Gasteiger charge is -2.11. The lowest BCUT2D eigenvalue weighted by atomic mass is 10.1. The first-order valence-corrected chi connectivity index (χ1v) is 9.93. The molecule has 0 unspecified atom stereocenters. The Balaban J connectivity index is 1.75. The third-order valence-corrected chi connectivity index (χ3v) is 5.94. The van der Waals surface area contributed by atoms with Gasteiger partial charge >= 0.3 is 0 Å². The molecule has 0 heterocycles. The minimum Gasteiger partial charge on any atom is -0.388 e. The number of rotatable bonds is 7. The Morgan fingerprint density at radius 1 is 0.808 bits per heavy atom. The Bertz CT molecular complexity index is 790. The standard InChI is InChI=1S/C22H19FOS2/c23-18-13-11-17(12-14-18)21(24)15-16-22(25-19-7-3-1-4-8-19)26-20-9-5-2-6-10-20/h1-14,16,21,24H,15H2/t21-/m1/s1. The van der Waals surface area contributed by atoms with Crippen LogP contribution in [0.5, 0.6) is 0 Å². The van der Waals surface area contributed by atoms with Gasteiger partial charge in [0.25, 0.3) is 0 Å². The minimum atomic E-state index is -0.654. The average Bonchev–Trinajstić information content (AvgIpc) is 2.68. The topological polar surface area (TPSA) is 20.2 Å². The van der Waals surface area contributed by atoms with Gasteiger partial charge in [-0.1, -0.05) is 78.1 Å². The van der Waals surface area contributed by atoms with E-state index < -0.39 is 6.10 Å². The smallest absolute Gasteiger partial charge is 0.123 e. The number of aliphatic hydroxyl groups is 1. The highest BCUT2D eigenvalue weighted by molar-refractivity contribution is 8.22. The summed E-state index contributed by atoms with van der Waals surface area (Å²) in [4.78, 5) is 2.30. The fraction of sp³-hybridized carbons (Fsp3) is 0.0909. The molecule has 0 aromatic heterocycles. The van der Waals surface area contributed by atoms with Gasteiger partial charge in [-0.25, -0.2) is 4.39 Å². The van der Waals surface area contributed by atoms with E-state index in [9.17, 15) is 9.50 Å². The second-order valence-electron chi connectivity index (χ2n) is 5.66. The third-order valence-electron chi connectivity index (χ3n) is 3.69. The van der Waals surface area contributed by atoms with E-state index in [0.717, 1.165) is 19.6 Å². The molecule has 3 rings (SSSR count). The Labute approximate surface area is 162 Å². The molecule has 0 aliphatic rings. The molecule has 132 valence electrons. The van der Waals surface area contributed by atoms with Gasteiger partial charge in [0, 0.05) is 14.0 Å². The van der Waals surface area contributed by atoms with Crippen molar-refractivity contribution in [2.45, 2.75) is 22.3 Å². The van der Waals surface area contributed by atoms with Crippen LogP contribution in [0.1, 0.15) is 18.1 Å². The van der Waals surface area contributed by atoms with Crippen molar-refractivity contribution in [2.75, 3.05) is 0 Å². The van der Waals surface area contributed by atoms with Gasteiger partial charge in [-0.05, 0) is 48.4 Å². The SMILES string of the molecule is O[C@H](CC=C(Sc1ccccc1)Sc1ccccc1)c1ccc(F)cc1. The van der Waals surface area contributed by atoms with Gasteiger partial charge in [-0.2, -0.15) is 0 Å². The van der Waals surface area contributed by atoms with Crippen molar-refractivity contribution in [1.29, 1.82) is 0 Å². The summed E-state index contributed by atoms with van der Waals surface area (Å²) in [6.45, 7) is 0. The number of halogens is 1. The van der Waals surface area contributed by atoms with Gasteiger partial charge in [0.15, 0.2) is 0 Å². The van der Waals surface area contributed by atoms with Crippen molar-refractivity contribution in [3.05, 3.63) is 107 Å². The number of hydrogen-bond donors (Lipinski definition) is 1. The van der Waals surface area contributed by atoms with Crippen LogP contribution in [0.2, 0.25) is 0 Å². The van der Waals surface area contributed by atoms with Crippen LogP contribution in [-0.2, 0) is 0 Å². The molecule has 0 fully saturated rings. The summed E-state index contributed by atoms with van der Waals surface area (Å²) in [6, 6.07) is 26.3. The predicted molar refractivity (Wildman–Crippen MR) is 109 cm³/mol. The van der Waals surface area contributed by atoms with E-state index in [-0.39, 0.29) is 5.82 Å². The summed E-state index contributed by atoms with van der Waals surface area (Å²) in [5.41, 5.74) is 0.719. The predicted octanol–water partition coefficient (Wildman–Crippen LogP) is 6.68. The summed E-state index contributed by atoms with van der Waals surface area (Å²) < 4.78 is 14.1. The molecule has 0 aliphatic carbocycles. The molecule has 1 N–H and O–H groups in total. The normalized spacial score (nSPS) is 11.8. The second kappa shape index (κ2) is 9.62. The van der Waals surface area contributed by atoms with Crippen LogP contribution in [0.25, 0.3) is 0 Å². The van der Waals surface area contributed by atoms with Crippen molar-refractivity contribution in [2.24, 2.45) is 0 Å². The summed E-state index contributed by atoms with van der Waals surface area (Å²) in [7, 11) is 0. The van der Waals surface area contributed by atoms with E-state index in [1.807, 2.05) is 42.5 Å². The largest absolute Gasteiger partial charge is 0.388 e. The van der Waals surface area contributed by atoms with Gasteiger partial charge < -0.3 is 5.11 Å². The molecule has 3 aromatic carbocycles. The molecule has 0 spiro atoms. The molecule has 1 atom stereocenters.